The Bertz CT molecular complexity index is 2030. The van der Waals surface area contributed by atoms with Gasteiger partial charge in [-0.15, -0.1) is 0 Å². The van der Waals surface area contributed by atoms with Crippen LogP contribution in [0.15, 0.2) is 133 Å². The number of guanidine groups is 1. The van der Waals surface area contributed by atoms with Gasteiger partial charge in [0.15, 0.2) is 5.96 Å². The summed E-state index contributed by atoms with van der Waals surface area (Å²) in [5.74, 6) is 0.771. The van der Waals surface area contributed by atoms with Crippen molar-refractivity contribution >= 4 is 27.5 Å². The Hall–Kier alpha value is -5.11. The van der Waals surface area contributed by atoms with Gasteiger partial charge in [-0.25, -0.2) is 4.39 Å². The van der Waals surface area contributed by atoms with E-state index in [1.165, 1.54) is 50.4 Å². The minimum absolute atomic E-state index is 0.214. The first kappa shape index (κ1) is 35.7. The second-order valence-corrected chi connectivity index (χ2v) is 13.8. The highest BCUT2D eigenvalue weighted by Gasteiger charge is 2.13. The van der Waals surface area contributed by atoms with Gasteiger partial charge in [-0.3, -0.25) is 19.8 Å². The Balaban J connectivity index is 1.19. The van der Waals surface area contributed by atoms with Gasteiger partial charge in [0.2, 0.25) is 0 Å². The molecule has 0 radical (unpaired) electrons. The number of aliphatic imine (C=N–C) groups is 1. The maximum absolute atomic E-state index is 13.6. The van der Waals surface area contributed by atoms with Crippen LogP contribution in [0.1, 0.15) is 34.4 Å². The van der Waals surface area contributed by atoms with E-state index in [9.17, 15) is 4.39 Å². The van der Waals surface area contributed by atoms with Gasteiger partial charge in [0, 0.05) is 80.2 Å². The normalized spacial score (nSPS) is 11.4. The summed E-state index contributed by atoms with van der Waals surface area (Å²) in [5, 5.41) is 5.06. The van der Waals surface area contributed by atoms with E-state index in [1.807, 2.05) is 58.7 Å². The molecule has 0 fully saturated rings. The van der Waals surface area contributed by atoms with E-state index in [1.54, 1.807) is 0 Å². The molecule has 1 heterocycles. The second-order valence-electron chi connectivity index (χ2n) is 13.8. The minimum Gasteiger partial charge on any atom is -0.349 e. The molecule has 6 nitrogen and oxygen atoms in total. The van der Waals surface area contributed by atoms with Crippen molar-refractivity contribution in [3.8, 4) is 0 Å². The lowest BCUT2D eigenvalue weighted by molar-refractivity contribution is 0.244. The Morgan fingerprint density at radius 2 is 1.22 bits per heavy atom. The molecular weight excluding hydrogens is 632 g/mol. The van der Waals surface area contributed by atoms with E-state index in [4.69, 9.17) is 4.99 Å². The Kier molecular flexibility index (Phi) is 12.0. The van der Waals surface area contributed by atoms with Crippen LogP contribution in [0.2, 0.25) is 0 Å². The molecule has 0 aliphatic rings. The summed E-state index contributed by atoms with van der Waals surface area (Å²) in [4.78, 5) is 18.5. The van der Waals surface area contributed by atoms with Crippen LogP contribution in [-0.4, -0.2) is 71.8 Å². The fourth-order valence-corrected chi connectivity index (χ4v) is 6.84. The highest BCUT2D eigenvalue weighted by molar-refractivity contribution is 5.86. The van der Waals surface area contributed by atoms with Crippen LogP contribution in [0.3, 0.4) is 0 Å². The van der Waals surface area contributed by atoms with Crippen molar-refractivity contribution in [2.45, 2.75) is 39.1 Å². The SMILES string of the molecule is CN(C)C(=NCCCN(Cc1ccc2cc(CN(Cc3ccc(F)cc3)Cc3ccccn3)ccc2c1)Cc1cccc2ccccc12)N(C)C. The maximum atomic E-state index is 13.6. The van der Waals surface area contributed by atoms with Crippen molar-refractivity contribution in [3.05, 3.63) is 161 Å². The Morgan fingerprint density at radius 3 is 1.90 bits per heavy atom. The topological polar surface area (TPSA) is 38.2 Å². The molecule has 5 aromatic carbocycles. The molecule has 0 aliphatic heterocycles. The molecule has 1 aromatic heterocycles. The minimum atomic E-state index is -0.214. The monoisotopic (exact) mass is 680 g/mol. The van der Waals surface area contributed by atoms with Crippen LogP contribution < -0.4 is 0 Å². The molecule has 0 N–H and O–H groups in total. The first-order chi connectivity index (χ1) is 24.8. The van der Waals surface area contributed by atoms with E-state index in [0.29, 0.717) is 13.1 Å². The summed E-state index contributed by atoms with van der Waals surface area (Å²) in [6, 6.07) is 41.8. The van der Waals surface area contributed by atoms with Crippen LogP contribution >= 0.6 is 0 Å². The summed E-state index contributed by atoms with van der Waals surface area (Å²) < 4.78 is 13.6. The predicted molar refractivity (Wildman–Crippen MR) is 210 cm³/mol. The van der Waals surface area contributed by atoms with Gasteiger partial charge in [-0.1, -0.05) is 84.9 Å². The van der Waals surface area contributed by atoms with Crippen molar-refractivity contribution in [3.63, 3.8) is 0 Å². The molecule has 51 heavy (non-hydrogen) atoms. The molecule has 6 rings (SSSR count). The summed E-state index contributed by atoms with van der Waals surface area (Å²) in [5.41, 5.74) is 5.98. The molecule has 0 bridgehead atoms. The summed E-state index contributed by atoms with van der Waals surface area (Å²) in [6.07, 6.45) is 2.81. The van der Waals surface area contributed by atoms with Crippen LogP contribution in [0.5, 0.6) is 0 Å². The number of aromatic nitrogens is 1. The number of nitrogens with zero attached hydrogens (tertiary/aromatic N) is 6. The summed E-state index contributed by atoms with van der Waals surface area (Å²) >= 11 is 0. The molecule has 0 amide bonds. The molecule has 0 unspecified atom stereocenters. The highest BCUT2D eigenvalue weighted by Crippen LogP contribution is 2.24. The van der Waals surface area contributed by atoms with E-state index < -0.39 is 0 Å². The van der Waals surface area contributed by atoms with Crippen molar-refractivity contribution in [1.29, 1.82) is 0 Å². The largest absolute Gasteiger partial charge is 0.349 e. The molecule has 0 saturated carbocycles. The van der Waals surface area contributed by atoms with Crippen LogP contribution in [0.25, 0.3) is 21.5 Å². The Labute approximate surface area is 302 Å². The lowest BCUT2D eigenvalue weighted by atomic mass is 10.0. The lowest BCUT2D eigenvalue weighted by Crippen LogP contribution is -2.35. The van der Waals surface area contributed by atoms with Gasteiger partial charge < -0.3 is 9.80 Å². The van der Waals surface area contributed by atoms with Crippen LogP contribution in [-0.2, 0) is 32.7 Å². The van der Waals surface area contributed by atoms with Crippen molar-refractivity contribution in [2.24, 2.45) is 4.99 Å². The fourth-order valence-electron chi connectivity index (χ4n) is 6.84. The average molecular weight is 681 g/mol. The van der Waals surface area contributed by atoms with E-state index in [-0.39, 0.29) is 5.82 Å². The molecule has 0 saturated heterocycles. The highest BCUT2D eigenvalue weighted by atomic mass is 19.1. The predicted octanol–water partition coefficient (Wildman–Crippen LogP) is 8.60. The lowest BCUT2D eigenvalue weighted by Gasteiger charge is -2.25. The molecule has 262 valence electrons. The number of hydrogen-bond acceptors (Lipinski definition) is 4. The third-order valence-electron chi connectivity index (χ3n) is 9.17. The van der Waals surface area contributed by atoms with Gasteiger partial charge in [-0.2, -0.15) is 0 Å². The Morgan fingerprint density at radius 1 is 0.588 bits per heavy atom. The molecular formula is C44H49FN6. The van der Waals surface area contributed by atoms with Gasteiger partial charge in [0.1, 0.15) is 5.82 Å². The number of pyridine rings is 1. The van der Waals surface area contributed by atoms with Gasteiger partial charge in [0.25, 0.3) is 0 Å². The van der Waals surface area contributed by atoms with E-state index in [2.05, 4.69) is 110 Å². The third kappa shape index (κ3) is 10.00. The first-order valence-corrected chi connectivity index (χ1v) is 17.8. The molecule has 6 aromatic rings. The van der Waals surface area contributed by atoms with Crippen LogP contribution in [0.4, 0.5) is 4.39 Å². The standard InChI is InChI=1S/C44H49FN6/c1-48(2)44(49(3)4)47-25-10-26-50(32-40-13-9-12-37-11-5-6-15-43(37)40)30-35-16-20-39-28-36(17-21-38(39)27-35)31-51(33-42-14-7-8-24-46-42)29-34-18-22-41(45)23-19-34/h5-9,11-24,27-28H,10,25-26,29-33H2,1-4H3. The average Bonchev–Trinajstić information content (AvgIpc) is 3.12. The van der Waals surface area contributed by atoms with Gasteiger partial charge in [0.05, 0.1) is 5.69 Å². The summed E-state index contributed by atoms with van der Waals surface area (Å²) in [7, 11) is 8.17. The second kappa shape index (κ2) is 17.2. The number of hydrogen-bond donors (Lipinski definition) is 0. The van der Waals surface area contributed by atoms with Crippen molar-refractivity contribution < 1.29 is 4.39 Å². The van der Waals surface area contributed by atoms with Gasteiger partial charge >= 0.3 is 0 Å². The first-order valence-electron chi connectivity index (χ1n) is 17.8. The van der Waals surface area contributed by atoms with Crippen molar-refractivity contribution in [2.75, 3.05) is 41.3 Å². The summed E-state index contributed by atoms with van der Waals surface area (Å²) in [6.45, 7) is 5.62. The molecule has 0 aliphatic carbocycles. The maximum Gasteiger partial charge on any atom is 0.195 e. The molecule has 7 heteroatoms. The van der Waals surface area contributed by atoms with E-state index >= 15 is 0 Å². The number of rotatable bonds is 14. The molecule has 0 spiro atoms. The smallest absolute Gasteiger partial charge is 0.195 e. The van der Waals surface area contributed by atoms with Gasteiger partial charge in [-0.05, 0) is 86.6 Å². The zero-order valence-corrected chi connectivity index (χ0v) is 30.3. The number of benzene rings is 5. The number of halogens is 1. The van der Waals surface area contributed by atoms with Crippen LogP contribution in [0, 0.1) is 5.82 Å². The van der Waals surface area contributed by atoms with E-state index in [0.717, 1.165) is 56.4 Å². The third-order valence-corrected chi connectivity index (χ3v) is 9.17. The number of fused-ring (bicyclic) bond motifs is 2. The quantitative estimate of drug-likeness (QED) is 0.0655. The zero-order chi connectivity index (χ0) is 35.6. The fraction of sp³-hybridized carbons (Fsp3) is 0.273. The molecule has 0 atom stereocenters. The van der Waals surface area contributed by atoms with Crippen molar-refractivity contribution in [1.82, 2.24) is 24.6 Å². The zero-order valence-electron chi connectivity index (χ0n) is 30.3.